The molecule has 0 saturated carbocycles. The number of aromatic nitrogens is 1. The van der Waals surface area contributed by atoms with Crippen LogP contribution >= 0.6 is 0 Å². The van der Waals surface area contributed by atoms with Crippen molar-refractivity contribution >= 4 is 16.9 Å². The van der Waals surface area contributed by atoms with Crippen LogP contribution in [0.4, 0.5) is 0 Å². The fourth-order valence-corrected chi connectivity index (χ4v) is 4.30. The van der Waals surface area contributed by atoms with Crippen molar-refractivity contribution in [1.82, 2.24) is 9.88 Å². The molecule has 2 aromatic heterocycles. The molecule has 1 N–H and O–H groups in total. The number of hydrogen-bond acceptors (Lipinski definition) is 6. The maximum Gasteiger partial charge on any atom is 0.291 e. The van der Waals surface area contributed by atoms with Crippen LogP contribution in [0.2, 0.25) is 0 Å². The van der Waals surface area contributed by atoms with Gasteiger partial charge >= 0.3 is 0 Å². The first-order valence-corrected chi connectivity index (χ1v) is 10.7. The van der Waals surface area contributed by atoms with Gasteiger partial charge in [-0.1, -0.05) is 23.8 Å². The molecule has 4 aromatic rings. The van der Waals surface area contributed by atoms with E-state index in [2.05, 4.69) is 4.98 Å². The number of phenols is 1. The number of amides is 1. The molecule has 2 aromatic carbocycles. The van der Waals surface area contributed by atoms with Crippen LogP contribution in [-0.4, -0.2) is 27.5 Å². The third-order valence-electron chi connectivity index (χ3n) is 5.80. The highest BCUT2D eigenvalue weighted by atomic mass is 16.5. The zero-order valence-electron chi connectivity index (χ0n) is 18.2. The first-order chi connectivity index (χ1) is 16.0. The maximum absolute atomic E-state index is 13.6. The van der Waals surface area contributed by atoms with Crippen LogP contribution in [0.15, 0.2) is 70.1 Å². The lowest BCUT2D eigenvalue weighted by molar-refractivity contribution is 0.0714. The number of carbonyl (C=O) groups is 1. The van der Waals surface area contributed by atoms with Gasteiger partial charge in [-0.05, 0) is 55.3 Å². The smallest absolute Gasteiger partial charge is 0.291 e. The molecule has 5 rings (SSSR count). The predicted molar refractivity (Wildman–Crippen MR) is 122 cm³/mol. The Morgan fingerprint density at radius 1 is 1.15 bits per heavy atom. The van der Waals surface area contributed by atoms with E-state index in [-0.39, 0.29) is 35.0 Å². The van der Waals surface area contributed by atoms with Crippen molar-refractivity contribution in [2.75, 3.05) is 6.61 Å². The van der Waals surface area contributed by atoms with Gasteiger partial charge in [0, 0.05) is 18.9 Å². The second-order valence-electron chi connectivity index (χ2n) is 8.03. The Balaban J connectivity index is 1.74. The molecule has 7 heteroatoms. The number of aromatic hydroxyl groups is 1. The van der Waals surface area contributed by atoms with Crippen LogP contribution in [-0.2, 0) is 6.54 Å². The van der Waals surface area contributed by atoms with Gasteiger partial charge in [-0.15, -0.1) is 0 Å². The molecule has 166 valence electrons. The second-order valence-corrected chi connectivity index (χ2v) is 8.03. The first kappa shape index (κ1) is 20.8. The van der Waals surface area contributed by atoms with Crippen LogP contribution in [0.3, 0.4) is 0 Å². The predicted octanol–water partition coefficient (Wildman–Crippen LogP) is 4.35. The normalized spacial score (nSPS) is 15.2. The van der Waals surface area contributed by atoms with Gasteiger partial charge in [0.05, 0.1) is 23.6 Å². The molecule has 1 atom stereocenters. The highest BCUT2D eigenvalue weighted by molar-refractivity contribution is 5.99. The summed E-state index contributed by atoms with van der Waals surface area (Å²) in [5.74, 6) is -0.0517. The van der Waals surface area contributed by atoms with Crippen molar-refractivity contribution in [3.8, 4) is 11.5 Å². The quantitative estimate of drug-likeness (QED) is 0.494. The Morgan fingerprint density at radius 2 is 2.00 bits per heavy atom. The van der Waals surface area contributed by atoms with Crippen molar-refractivity contribution in [1.29, 1.82) is 0 Å². The molecule has 33 heavy (non-hydrogen) atoms. The number of carbonyl (C=O) groups excluding carboxylic acids is 1. The Bertz CT molecular complexity index is 1430. The lowest BCUT2D eigenvalue weighted by Gasteiger charge is -2.25. The lowest BCUT2D eigenvalue weighted by atomic mass is 9.97. The highest BCUT2D eigenvalue weighted by Crippen LogP contribution is 2.41. The number of fused-ring (bicyclic) bond motifs is 2. The van der Waals surface area contributed by atoms with Crippen molar-refractivity contribution in [2.45, 2.75) is 26.4 Å². The van der Waals surface area contributed by atoms with Crippen molar-refractivity contribution in [3.63, 3.8) is 0 Å². The number of ether oxygens (including phenoxy) is 1. The largest absolute Gasteiger partial charge is 0.504 e. The van der Waals surface area contributed by atoms with Gasteiger partial charge in [-0.2, -0.15) is 0 Å². The Morgan fingerprint density at radius 3 is 2.76 bits per heavy atom. The van der Waals surface area contributed by atoms with E-state index in [1.165, 1.54) is 6.07 Å². The van der Waals surface area contributed by atoms with Crippen LogP contribution in [0, 0.1) is 6.92 Å². The van der Waals surface area contributed by atoms with Gasteiger partial charge in [0.15, 0.2) is 16.9 Å². The molecule has 1 amide bonds. The topological polar surface area (TPSA) is 92.9 Å². The number of nitrogens with zero attached hydrogens (tertiary/aromatic N) is 2. The molecule has 0 unspecified atom stereocenters. The molecule has 3 heterocycles. The van der Waals surface area contributed by atoms with Crippen LogP contribution in [0.25, 0.3) is 11.0 Å². The number of pyridine rings is 1. The summed E-state index contributed by atoms with van der Waals surface area (Å²) in [6.45, 7) is 4.32. The minimum absolute atomic E-state index is 0.00914. The minimum Gasteiger partial charge on any atom is -0.504 e. The molecule has 0 radical (unpaired) electrons. The number of benzene rings is 2. The highest BCUT2D eigenvalue weighted by Gasteiger charge is 2.43. The molecule has 1 aliphatic rings. The van der Waals surface area contributed by atoms with Crippen LogP contribution in [0.5, 0.6) is 11.5 Å². The van der Waals surface area contributed by atoms with Gasteiger partial charge in [-0.25, -0.2) is 0 Å². The molecule has 0 bridgehead atoms. The van der Waals surface area contributed by atoms with Crippen molar-refractivity contribution < 1.29 is 19.1 Å². The fraction of sp³-hybridized carbons (Fsp3) is 0.192. The number of aryl methyl sites for hydroxylation is 1. The van der Waals surface area contributed by atoms with E-state index in [1.807, 2.05) is 26.0 Å². The summed E-state index contributed by atoms with van der Waals surface area (Å²) in [4.78, 5) is 32.9. The van der Waals surface area contributed by atoms with Gasteiger partial charge in [-0.3, -0.25) is 14.6 Å². The monoisotopic (exact) mass is 442 g/mol. The van der Waals surface area contributed by atoms with E-state index in [4.69, 9.17) is 9.15 Å². The average Bonchev–Trinajstić information content (AvgIpc) is 3.08. The fourth-order valence-electron chi connectivity index (χ4n) is 4.30. The third-order valence-corrected chi connectivity index (χ3v) is 5.80. The molecular weight excluding hydrogens is 420 g/mol. The summed E-state index contributed by atoms with van der Waals surface area (Å²) in [6, 6.07) is 13.2. The minimum atomic E-state index is -0.700. The number of phenolic OH excluding ortho intramolecular Hbond substituents is 1. The standard InChI is InChI=1S/C26H22N2O5/c1-3-32-21-12-17(7-8-19(21)29)23-22-24(30)18-11-15(2)6-9-20(18)33-25(22)26(31)28(23)14-16-5-4-10-27-13-16/h4-13,23,29H,3,14H2,1-2H3/t23-/m0/s1. The SMILES string of the molecule is CCOc1cc([C@H]2c3c(oc4ccc(C)cc4c3=O)C(=O)N2Cc2cccnc2)ccc1O. The Kier molecular flexibility index (Phi) is 5.09. The Hall–Kier alpha value is -4.13. The molecule has 1 aliphatic heterocycles. The maximum atomic E-state index is 13.6. The van der Waals surface area contributed by atoms with E-state index >= 15 is 0 Å². The zero-order chi connectivity index (χ0) is 23.1. The van der Waals surface area contributed by atoms with Crippen LogP contribution < -0.4 is 10.2 Å². The summed E-state index contributed by atoms with van der Waals surface area (Å²) in [6.07, 6.45) is 3.35. The lowest BCUT2D eigenvalue weighted by Crippen LogP contribution is -2.29. The van der Waals surface area contributed by atoms with E-state index in [1.54, 1.807) is 47.6 Å². The van der Waals surface area contributed by atoms with Crippen molar-refractivity contribution in [3.05, 3.63) is 99.2 Å². The van der Waals surface area contributed by atoms with E-state index in [0.29, 0.717) is 28.9 Å². The summed E-state index contributed by atoms with van der Waals surface area (Å²) >= 11 is 0. The summed E-state index contributed by atoms with van der Waals surface area (Å²) in [5.41, 5.74) is 2.81. The molecule has 0 fully saturated rings. The molecule has 0 saturated heterocycles. The Labute approximate surface area is 189 Å². The summed E-state index contributed by atoms with van der Waals surface area (Å²) < 4.78 is 11.5. The second kappa shape index (κ2) is 8.09. The zero-order valence-corrected chi connectivity index (χ0v) is 18.2. The number of rotatable bonds is 5. The van der Waals surface area contributed by atoms with Crippen LogP contribution in [0.1, 0.15) is 45.8 Å². The van der Waals surface area contributed by atoms with E-state index in [9.17, 15) is 14.7 Å². The third kappa shape index (κ3) is 3.51. The molecular formula is C26H22N2O5. The molecule has 0 spiro atoms. The van der Waals surface area contributed by atoms with Gasteiger partial charge in [0.1, 0.15) is 5.58 Å². The summed E-state index contributed by atoms with van der Waals surface area (Å²) in [7, 11) is 0. The molecule has 0 aliphatic carbocycles. The van der Waals surface area contributed by atoms with Gasteiger partial charge < -0.3 is 19.2 Å². The summed E-state index contributed by atoms with van der Waals surface area (Å²) in [5, 5.41) is 10.6. The first-order valence-electron chi connectivity index (χ1n) is 10.7. The van der Waals surface area contributed by atoms with E-state index in [0.717, 1.165) is 11.1 Å². The van der Waals surface area contributed by atoms with E-state index < -0.39 is 6.04 Å². The van der Waals surface area contributed by atoms with Crippen molar-refractivity contribution in [2.24, 2.45) is 0 Å². The number of hydrogen-bond donors (Lipinski definition) is 1. The average molecular weight is 442 g/mol. The molecule has 7 nitrogen and oxygen atoms in total. The van der Waals surface area contributed by atoms with Gasteiger partial charge in [0.2, 0.25) is 5.76 Å². The van der Waals surface area contributed by atoms with Gasteiger partial charge in [0.25, 0.3) is 5.91 Å².